The number of esters is 2. The number of benzene rings is 2. The molecule has 0 N–H and O–H groups in total. The Morgan fingerprint density at radius 3 is 2.46 bits per heavy atom. The molecule has 5 heteroatoms. The summed E-state index contributed by atoms with van der Waals surface area (Å²) in [7, 11) is 0. The van der Waals surface area contributed by atoms with Crippen molar-refractivity contribution in [1.82, 2.24) is 0 Å². The topological polar surface area (TPSA) is 61.8 Å². The van der Waals surface area contributed by atoms with E-state index in [-0.39, 0.29) is 16.9 Å². The molecule has 0 radical (unpaired) electrons. The van der Waals surface area contributed by atoms with Crippen LogP contribution in [0, 0.1) is 0 Å². The highest BCUT2D eigenvalue weighted by Crippen LogP contribution is 2.41. The summed E-state index contributed by atoms with van der Waals surface area (Å²) < 4.78 is 16.6. The zero-order chi connectivity index (χ0) is 17.3. The molecule has 122 valence electrons. The smallest absolute Gasteiger partial charge is 0.349 e. The summed E-state index contributed by atoms with van der Waals surface area (Å²) in [6.45, 7) is 6.71. The standard InChI is InChI=1S/C19H16O5/c1-12(2)17(20)22-14-10-7-11-15-16(14)18(21)24-19(3,23-15)13-8-5-4-6-9-13/h4-11H,1H2,2-3H3. The third kappa shape index (κ3) is 2.76. The van der Waals surface area contributed by atoms with Crippen LogP contribution < -0.4 is 9.47 Å². The van der Waals surface area contributed by atoms with Gasteiger partial charge in [0.2, 0.25) is 0 Å². The maximum Gasteiger partial charge on any atom is 0.349 e. The average Bonchev–Trinajstić information content (AvgIpc) is 2.55. The highest BCUT2D eigenvalue weighted by atomic mass is 16.7. The molecule has 1 aliphatic heterocycles. The lowest BCUT2D eigenvalue weighted by Gasteiger charge is -2.35. The number of carbonyl (C=O) groups excluding carboxylic acids is 2. The van der Waals surface area contributed by atoms with Gasteiger partial charge in [-0.3, -0.25) is 0 Å². The van der Waals surface area contributed by atoms with Crippen LogP contribution in [0.4, 0.5) is 0 Å². The fourth-order valence-electron chi connectivity index (χ4n) is 2.39. The van der Waals surface area contributed by atoms with Gasteiger partial charge in [0, 0.05) is 18.1 Å². The lowest BCUT2D eigenvalue weighted by atomic mass is 10.0. The van der Waals surface area contributed by atoms with Crippen molar-refractivity contribution in [2.24, 2.45) is 0 Å². The molecule has 24 heavy (non-hydrogen) atoms. The first kappa shape index (κ1) is 15.8. The Bertz CT molecular complexity index is 825. The minimum atomic E-state index is -1.25. The minimum Gasteiger partial charge on any atom is -0.447 e. The van der Waals surface area contributed by atoms with Crippen LogP contribution in [-0.2, 0) is 15.3 Å². The molecule has 0 bridgehead atoms. The van der Waals surface area contributed by atoms with E-state index in [1.165, 1.54) is 13.0 Å². The van der Waals surface area contributed by atoms with Gasteiger partial charge in [-0.15, -0.1) is 0 Å². The van der Waals surface area contributed by atoms with Gasteiger partial charge in [-0.1, -0.05) is 43.0 Å². The first-order valence-corrected chi connectivity index (χ1v) is 7.39. The summed E-state index contributed by atoms with van der Waals surface area (Å²) in [4.78, 5) is 24.3. The number of hydrogen-bond acceptors (Lipinski definition) is 5. The van der Waals surface area contributed by atoms with Gasteiger partial charge >= 0.3 is 11.9 Å². The Labute approximate surface area is 139 Å². The third-order valence-corrected chi connectivity index (χ3v) is 3.63. The highest BCUT2D eigenvalue weighted by molar-refractivity contribution is 5.98. The van der Waals surface area contributed by atoms with Crippen molar-refractivity contribution in [1.29, 1.82) is 0 Å². The molecular formula is C19H16O5. The zero-order valence-electron chi connectivity index (χ0n) is 13.4. The summed E-state index contributed by atoms with van der Waals surface area (Å²) in [5.41, 5.74) is 1.01. The Morgan fingerprint density at radius 2 is 1.79 bits per heavy atom. The number of fused-ring (bicyclic) bond motifs is 1. The van der Waals surface area contributed by atoms with Crippen LogP contribution in [-0.4, -0.2) is 11.9 Å². The Morgan fingerprint density at radius 1 is 1.08 bits per heavy atom. The summed E-state index contributed by atoms with van der Waals surface area (Å²) >= 11 is 0. The molecule has 0 fully saturated rings. The van der Waals surface area contributed by atoms with Gasteiger partial charge in [-0.05, 0) is 19.1 Å². The van der Waals surface area contributed by atoms with Gasteiger partial charge in [0.05, 0.1) is 0 Å². The maximum atomic E-state index is 12.5. The molecule has 1 aliphatic rings. The Hall–Kier alpha value is -3.08. The van der Waals surface area contributed by atoms with Crippen LogP contribution in [0.1, 0.15) is 29.8 Å². The molecule has 1 unspecified atom stereocenters. The SMILES string of the molecule is C=C(C)C(=O)Oc1cccc2c1C(=O)OC(C)(c1ccccc1)O2. The molecule has 3 rings (SSSR count). The molecule has 5 nitrogen and oxygen atoms in total. The van der Waals surface area contributed by atoms with E-state index in [9.17, 15) is 9.59 Å². The van der Waals surface area contributed by atoms with Crippen molar-refractivity contribution in [3.8, 4) is 11.5 Å². The first-order chi connectivity index (χ1) is 11.4. The molecule has 1 atom stereocenters. The largest absolute Gasteiger partial charge is 0.447 e. The first-order valence-electron chi connectivity index (χ1n) is 7.39. The fraction of sp³-hybridized carbons (Fsp3) is 0.158. The summed E-state index contributed by atoms with van der Waals surface area (Å²) in [6, 6.07) is 13.9. The van der Waals surface area contributed by atoms with Crippen molar-refractivity contribution in [2.75, 3.05) is 0 Å². The fourth-order valence-corrected chi connectivity index (χ4v) is 2.39. The van der Waals surface area contributed by atoms with Gasteiger partial charge in [-0.25, -0.2) is 9.59 Å². The van der Waals surface area contributed by atoms with E-state index in [1.54, 1.807) is 19.1 Å². The minimum absolute atomic E-state index is 0.0838. The second-order valence-corrected chi connectivity index (χ2v) is 5.60. The Balaban J connectivity index is 2.00. The summed E-state index contributed by atoms with van der Waals surface area (Å²) in [6.07, 6.45) is 0. The predicted octanol–water partition coefficient (Wildman–Crippen LogP) is 3.59. The highest BCUT2D eigenvalue weighted by Gasteiger charge is 2.41. The molecule has 0 aromatic heterocycles. The van der Waals surface area contributed by atoms with E-state index in [0.29, 0.717) is 11.3 Å². The molecule has 2 aromatic rings. The number of cyclic esters (lactones) is 1. The third-order valence-electron chi connectivity index (χ3n) is 3.63. The van der Waals surface area contributed by atoms with Crippen molar-refractivity contribution < 1.29 is 23.8 Å². The van der Waals surface area contributed by atoms with Gasteiger partial charge in [0.25, 0.3) is 5.79 Å². The number of ether oxygens (including phenoxy) is 3. The summed E-state index contributed by atoms with van der Waals surface area (Å²) in [5.74, 6) is -2.10. The van der Waals surface area contributed by atoms with Crippen LogP contribution in [0.3, 0.4) is 0 Å². The molecule has 2 aromatic carbocycles. The number of carbonyl (C=O) groups is 2. The van der Waals surface area contributed by atoms with E-state index in [0.717, 1.165) is 0 Å². The van der Waals surface area contributed by atoms with Crippen molar-refractivity contribution in [3.05, 3.63) is 71.8 Å². The molecular weight excluding hydrogens is 308 g/mol. The second-order valence-electron chi connectivity index (χ2n) is 5.60. The predicted molar refractivity (Wildman–Crippen MR) is 86.7 cm³/mol. The van der Waals surface area contributed by atoms with Crippen molar-refractivity contribution in [2.45, 2.75) is 19.6 Å². The normalized spacial score (nSPS) is 18.8. The van der Waals surface area contributed by atoms with Gasteiger partial charge in [0.1, 0.15) is 17.1 Å². The lowest BCUT2D eigenvalue weighted by molar-refractivity contribution is -0.148. The number of rotatable bonds is 3. The van der Waals surface area contributed by atoms with Crippen LogP contribution >= 0.6 is 0 Å². The second kappa shape index (κ2) is 5.85. The summed E-state index contributed by atoms with van der Waals surface area (Å²) in [5, 5.41) is 0. The van der Waals surface area contributed by atoms with Crippen molar-refractivity contribution in [3.63, 3.8) is 0 Å². The van der Waals surface area contributed by atoms with Gasteiger partial charge in [-0.2, -0.15) is 0 Å². The quantitative estimate of drug-likeness (QED) is 0.490. The van der Waals surface area contributed by atoms with E-state index in [2.05, 4.69) is 6.58 Å². The van der Waals surface area contributed by atoms with Crippen molar-refractivity contribution >= 4 is 11.9 Å². The average molecular weight is 324 g/mol. The van der Waals surface area contributed by atoms with E-state index in [1.807, 2.05) is 30.3 Å². The molecule has 1 heterocycles. The monoisotopic (exact) mass is 324 g/mol. The Kier molecular flexibility index (Phi) is 3.85. The molecule has 0 aliphatic carbocycles. The molecule has 0 saturated carbocycles. The maximum absolute atomic E-state index is 12.5. The van der Waals surface area contributed by atoms with E-state index in [4.69, 9.17) is 14.2 Å². The van der Waals surface area contributed by atoms with Crippen LogP contribution in [0.5, 0.6) is 11.5 Å². The van der Waals surface area contributed by atoms with E-state index >= 15 is 0 Å². The molecule has 0 saturated heterocycles. The number of hydrogen-bond donors (Lipinski definition) is 0. The van der Waals surface area contributed by atoms with E-state index < -0.39 is 17.7 Å². The lowest BCUT2D eigenvalue weighted by Crippen LogP contribution is -2.39. The van der Waals surface area contributed by atoms with Gasteiger partial charge in [0.15, 0.2) is 0 Å². The zero-order valence-corrected chi connectivity index (χ0v) is 13.4. The van der Waals surface area contributed by atoms with Crippen LogP contribution in [0.15, 0.2) is 60.7 Å². The molecule has 0 amide bonds. The van der Waals surface area contributed by atoms with Gasteiger partial charge < -0.3 is 14.2 Å². The molecule has 0 spiro atoms. The van der Waals surface area contributed by atoms with Crippen LogP contribution in [0.2, 0.25) is 0 Å². The van der Waals surface area contributed by atoms with Crippen LogP contribution in [0.25, 0.3) is 0 Å².